The van der Waals surface area contributed by atoms with Gasteiger partial charge < -0.3 is 5.32 Å². The fourth-order valence-electron chi connectivity index (χ4n) is 2.71. The minimum atomic E-state index is 0.635. The lowest BCUT2D eigenvalue weighted by atomic mass is 9.96. The summed E-state index contributed by atoms with van der Waals surface area (Å²) in [4.78, 5) is 8.17. The Morgan fingerprint density at radius 2 is 2.00 bits per heavy atom. The molecule has 3 nitrogen and oxygen atoms in total. The maximum absolute atomic E-state index is 4.08. The maximum Gasteiger partial charge on any atom is 0.115 e. The quantitative estimate of drug-likeness (QED) is 0.914. The van der Waals surface area contributed by atoms with Crippen LogP contribution < -0.4 is 5.32 Å². The largest absolute Gasteiger partial charge is 0.314 e. The summed E-state index contributed by atoms with van der Waals surface area (Å²) < 4.78 is 0. The Balaban J connectivity index is 1.76. The number of nitrogens with zero attached hydrogens (tertiary/aromatic N) is 2. The molecule has 0 radical (unpaired) electrons. The lowest BCUT2D eigenvalue weighted by Gasteiger charge is -2.23. The molecule has 0 bridgehead atoms. The first-order valence-electron chi connectivity index (χ1n) is 6.99. The normalized spacial score (nSPS) is 19.3. The first kappa shape index (κ1) is 12.3. The standard InChI is InChI=1S/C16H19N3/c1-2-7-19-16(6-1)9-13-4-3-5-14(8-13)15-10-17-12-18-11-15/h3-5,8,10-12,16,19H,1-2,6-7,9H2. The topological polar surface area (TPSA) is 37.8 Å². The molecule has 1 atom stereocenters. The molecule has 1 unspecified atom stereocenters. The van der Waals surface area contributed by atoms with Gasteiger partial charge in [0.05, 0.1) is 0 Å². The number of hydrogen-bond donors (Lipinski definition) is 1. The summed E-state index contributed by atoms with van der Waals surface area (Å²) >= 11 is 0. The fraction of sp³-hybridized carbons (Fsp3) is 0.375. The van der Waals surface area contributed by atoms with Crippen LogP contribution >= 0.6 is 0 Å². The highest BCUT2D eigenvalue weighted by Gasteiger charge is 2.13. The Labute approximate surface area is 114 Å². The van der Waals surface area contributed by atoms with Crippen LogP contribution in [0.4, 0.5) is 0 Å². The zero-order valence-corrected chi connectivity index (χ0v) is 11.0. The van der Waals surface area contributed by atoms with Gasteiger partial charge in [-0.1, -0.05) is 30.7 Å². The van der Waals surface area contributed by atoms with E-state index in [-0.39, 0.29) is 0 Å². The van der Waals surface area contributed by atoms with Gasteiger partial charge >= 0.3 is 0 Å². The molecular weight excluding hydrogens is 234 g/mol. The van der Waals surface area contributed by atoms with Gasteiger partial charge in [0.15, 0.2) is 0 Å². The van der Waals surface area contributed by atoms with E-state index in [4.69, 9.17) is 0 Å². The van der Waals surface area contributed by atoms with E-state index in [0.29, 0.717) is 6.04 Å². The highest BCUT2D eigenvalue weighted by atomic mass is 14.9. The molecule has 19 heavy (non-hydrogen) atoms. The second-order valence-corrected chi connectivity index (χ2v) is 5.18. The summed E-state index contributed by atoms with van der Waals surface area (Å²) in [6.07, 6.45) is 10.4. The van der Waals surface area contributed by atoms with Gasteiger partial charge in [0.1, 0.15) is 6.33 Å². The van der Waals surface area contributed by atoms with Gasteiger partial charge in [0, 0.05) is 24.0 Å². The molecule has 2 aromatic rings. The summed E-state index contributed by atoms with van der Waals surface area (Å²) in [5, 5.41) is 3.60. The van der Waals surface area contributed by atoms with Crippen molar-refractivity contribution in [2.24, 2.45) is 0 Å². The average Bonchev–Trinajstić information content (AvgIpc) is 2.49. The van der Waals surface area contributed by atoms with Gasteiger partial charge in [-0.05, 0) is 36.9 Å². The number of piperidine rings is 1. The van der Waals surface area contributed by atoms with Crippen molar-refractivity contribution in [1.29, 1.82) is 0 Å². The monoisotopic (exact) mass is 253 g/mol. The third-order valence-corrected chi connectivity index (χ3v) is 3.72. The molecule has 3 rings (SSSR count). The van der Waals surface area contributed by atoms with Crippen molar-refractivity contribution in [3.05, 3.63) is 48.5 Å². The molecule has 1 aromatic carbocycles. The van der Waals surface area contributed by atoms with Crippen LogP contribution in [0.5, 0.6) is 0 Å². The second-order valence-electron chi connectivity index (χ2n) is 5.18. The zero-order chi connectivity index (χ0) is 12.9. The van der Waals surface area contributed by atoms with Crippen LogP contribution in [0.25, 0.3) is 11.1 Å². The Kier molecular flexibility index (Phi) is 3.84. The number of nitrogens with one attached hydrogen (secondary N) is 1. The predicted octanol–water partition coefficient (Wildman–Crippen LogP) is 2.83. The van der Waals surface area contributed by atoms with Gasteiger partial charge in [-0.3, -0.25) is 0 Å². The van der Waals surface area contributed by atoms with Crippen LogP contribution in [0.15, 0.2) is 43.0 Å². The predicted molar refractivity (Wildman–Crippen MR) is 76.8 cm³/mol. The SMILES string of the molecule is c1cc(CC2CCCCN2)cc(-c2cncnc2)c1. The average molecular weight is 253 g/mol. The summed E-state index contributed by atoms with van der Waals surface area (Å²) in [6.45, 7) is 1.16. The molecule has 0 saturated carbocycles. The van der Waals surface area contributed by atoms with Crippen LogP contribution in [0.3, 0.4) is 0 Å². The molecule has 0 spiro atoms. The molecule has 3 heteroatoms. The molecule has 1 N–H and O–H groups in total. The van der Waals surface area contributed by atoms with Gasteiger partial charge in [-0.2, -0.15) is 0 Å². The summed E-state index contributed by atoms with van der Waals surface area (Å²) in [5.41, 5.74) is 3.68. The van der Waals surface area contributed by atoms with Crippen molar-refractivity contribution in [3.63, 3.8) is 0 Å². The maximum atomic E-state index is 4.08. The van der Waals surface area contributed by atoms with E-state index in [2.05, 4.69) is 39.6 Å². The molecule has 98 valence electrons. The van der Waals surface area contributed by atoms with E-state index in [9.17, 15) is 0 Å². The van der Waals surface area contributed by atoms with Crippen LogP contribution in [-0.4, -0.2) is 22.6 Å². The lowest BCUT2D eigenvalue weighted by molar-refractivity contribution is 0.399. The summed E-state index contributed by atoms with van der Waals surface area (Å²) in [6, 6.07) is 9.35. The number of aromatic nitrogens is 2. The highest BCUT2D eigenvalue weighted by Crippen LogP contribution is 2.20. The van der Waals surface area contributed by atoms with Crippen molar-refractivity contribution in [1.82, 2.24) is 15.3 Å². The Hall–Kier alpha value is -1.74. The first-order chi connectivity index (χ1) is 9.42. The summed E-state index contributed by atoms with van der Waals surface area (Å²) in [5.74, 6) is 0. The van der Waals surface area contributed by atoms with Crippen LogP contribution in [0, 0.1) is 0 Å². The number of rotatable bonds is 3. The smallest absolute Gasteiger partial charge is 0.115 e. The second kappa shape index (κ2) is 5.93. The van der Waals surface area contributed by atoms with Gasteiger partial charge in [-0.15, -0.1) is 0 Å². The van der Waals surface area contributed by atoms with Crippen molar-refractivity contribution >= 4 is 0 Å². The molecule has 2 heterocycles. The van der Waals surface area contributed by atoms with Gasteiger partial charge in [0.25, 0.3) is 0 Å². The molecule has 1 saturated heterocycles. The minimum Gasteiger partial charge on any atom is -0.314 e. The Morgan fingerprint density at radius 1 is 1.11 bits per heavy atom. The van der Waals surface area contributed by atoms with Gasteiger partial charge in [-0.25, -0.2) is 9.97 Å². The first-order valence-corrected chi connectivity index (χ1v) is 6.99. The number of hydrogen-bond acceptors (Lipinski definition) is 3. The van der Waals surface area contributed by atoms with E-state index < -0.39 is 0 Å². The van der Waals surface area contributed by atoms with Crippen LogP contribution in [-0.2, 0) is 6.42 Å². The Morgan fingerprint density at radius 3 is 2.79 bits per heavy atom. The van der Waals surface area contributed by atoms with Crippen LogP contribution in [0.1, 0.15) is 24.8 Å². The lowest BCUT2D eigenvalue weighted by Crippen LogP contribution is -2.35. The van der Waals surface area contributed by atoms with Crippen molar-refractivity contribution in [2.75, 3.05) is 6.54 Å². The number of benzene rings is 1. The molecule has 0 amide bonds. The molecule has 1 fully saturated rings. The van der Waals surface area contributed by atoms with Crippen molar-refractivity contribution in [3.8, 4) is 11.1 Å². The van der Waals surface area contributed by atoms with E-state index >= 15 is 0 Å². The van der Waals surface area contributed by atoms with Crippen molar-refractivity contribution < 1.29 is 0 Å². The molecule has 1 aromatic heterocycles. The molecule has 1 aliphatic rings. The molecule has 1 aliphatic heterocycles. The fourth-order valence-corrected chi connectivity index (χ4v) is 2.71. The molecule has 0 aliphatic carbocycles. The summed E-state index contributed by atoms with van der Waals surface area (Å²) in [7, 11) is 0. The van der Waals surface area contributed by atoms with E-state index in [1.54, 1.807) is 6.33 Å². The van der Waals surface area contributed by atoms with Gasteiger partial charge in [0.2, 0.25) is 0 Å². The highest BCUT2D eigenvalue weighted by molar-refractivity contribution is 5.62. The third kappa shape index (κ3) is 3.18. The van der Waals surface area contributed by atoms with Crippen molar-refractivity contribution in [2.45, 2.75) is 31.7 Å². The molecular formula is C16H19N3. The minimum absolute atomic E-state index is 0.635. The van der Waals surface area contributed by atoms with E-state index in [0.717, 1.165) is 18.5 Å². The third-order valence-electron chi connectivity index (χ3n) is 3.72. The Bertz CT molecular complexity index is 519. The zero-order valence-electron chi connectivity index (χ0n) is 11.0. The van der Waals surface area contributed by atoms with E-state index in [1.807, 2.05) is 12.4 Å². The van der Waals surface area contributed by atoms with Crippen LogP contribution in [0.2, 0.25) is 0 Å². The van der Waals surface area contributed by atoms with E-state index in [1.165, 1.54) is 30.4 Å².